The highest BCUT2D eigenvalue weighted by Crippen LogP contribution is 2.16. The van der Waals surface area contributed by atoms with Crippen LogP contribution in [0.15, 0.2) is 12.1 Å². The Kier molecular flexibility index (Phi) is 4.32. The molecule has 0 aromatic carbocycles. The Morgan fingerprint density at radius 1 is 1.08 bits per heavy atom. The molecule has 1 unspecified atom stereocenters. The van der Waals surface area contributed by atoms with Gasteiger partial charge in [-0.15, -0.1) is 0 Å². The zero-order valence-corrected chi connectivity index (χ0v) is 15.6. The van der Waals surface area contributed by atoms with Gasteiger partial charge in [-0.3, -0.25) is 9.48 Å². The number of nitrogens with zero attached hydrogens (tertiary/aromatic N) is 5. The fourth-order valence-corrected chi connectivity index (χ4v) is 3.20. The molecule has 0 aliphatic carbocycles. The van der Waals surface area contributed by atoms with Gasteiger partial charge in [-0.1, -0.05) is 0 Å². The molecule has 7 heteroatoms. The summed E-state index contributed by atoms with van der Waals surface area (Å²) in [5.74, 6) is -0.154. The van der Waals surface area contributed by atoms with Crippen molar-refractivity contribution in [1.29, 1.82) is 0 Å². The first-order valence-corrected chi connectivity index (χ1v) is 8.42. The van der Waals surface area contributed by atoms with Gasteiger partial charge in [-0.05, 0) is 53.7 Å². The van der Waals surface area contributed by atoms with E-state index in [-0.39, 0.29) is 11.9 Å². The number of carbonyl (C=O) groups is 1. The van der Waals surface area contributed by atoms with Crippen LogP contribution in [-0.4, -0.2) is 36.8 Å². The summed E-state index contributed by atoms with van der Waals surface area (Å²) >= 11 is 0. The van der Waals surface area contributed by atoms with Crippen LogP contribution in [0.2, 0.25) is 0 Å². The number of carbonyl (C=O) groups excluding carboxylic acids is 1. The van der Waals surface area contributed by atoms with Crippen LogP contribution in [0.5, 0.6) is 0 Å². The van der Waals surface area contributed by atoms with E-state index in [0.29, 0.717) is 23.4 Å². The summed E-state index contributed by atoms with van der Waals surface area (Å²) in [6.45, 7) is 12.2. The molecule has 0 saturated carbocycles. The van der Waals surface area contributed by atoms with Gasteiger partial charge < -0.3 is 5.32 Å². The maximum absolute atomic E-state index is 12.8. The second kappa shape index (κ2) is 6.31. The lowest BCUT2D eigenvalue weighted by Crippen LogP contribution is -2.30. The molecule has 7 nitrogen and oxygen atoms in total. The Bertz CT molecular complexity index is 952. The SMILES string of the molecule is Cc1cc(C)n2nc(C)c(C(=O)NCC(C)n3nc(C)cc3C)c2n1. The lowest BCUT2D eigenvalue weighted by molar-refractivity contribution is 0.0948. The van der Waals surface area contributed by atoms with Crippen molar-refractivity contribution in [1.82, 2.24) is 29.7 Å². The zero-order valence-electron chi connectivity index (χ0n) is 15.6. The molecule has 3 heterocycles. The standard InChI is InChI=1S/C18H24N6O/c1-10-7-13(4)24-17(20-10)16(15(6)22-24)18(25)19-9-14(5)23-12(3)8-11(2)21-23/h7-8,14H,9H2,1-6H3,(H,19,25). The van der Waals surface area contributed by atoms with E-state index in [4.69, 9.17) is 0 Å². The van der Waals surface area contributed by atoms with E-state index in [1.54, 1.807) is 4.52 Å². The average Bonchev–Trinajstić information content (AvgIpc) is 3.03. The van der Waals surface area contributed by atoms with Crippen molar-refractivity contribution in [2.45, 2.75) is 47.6 Å². The summed E-state index contributed by atoms with van der Waals surface area (Å²) in [6.07, 6.45) is 0. The van der Waals surface area contributed by atoms with Crippen molar-refractivity contribution in [2.24, 2.45) is 0 Å². The Labute approximate surface area is 147 Å². The minimum absolute atomic E-state index is 0.0660. The van der Waals surface area contributed by atoms with Gasteiger partial charge in [-0.2, -0.15) is 10.2 Å². The molecule has 0 radical (unpaired) electrons. The van der Waals surface area contributed by atoms with E-state index in [0.717, 1.165) is 22.8 Å². The van der Waals surface area contributed by atoms with E-state index >= 15 is 0 Å². The van der Waals surface area contributed by atoms with Crippen LogP contribution in [0.25, 0.3) is 5.65 Å². The predicted molar refractivity (Wildman–Crippen MR) is 95.9 cm³/mol. The number of aromatic nitrogens is 5. The van der Waals surface area contributed by atoms with Gasteiger partial charge in [-0.25, -0.2) is 9.50 Å². The van der Waals surface area contributed by atoms with Crippen LogP contribution in [0.1, 0.15) is 51.8 Å². The van der Waals surface area contributed by atoms with Gasteiger partial charge in [0.2, 0.25) is 0 Å². The van der Waals surface area contributed by atoms with Crippen molar-refractivity contribution in [3.8, 4) is 0 Å². The van der Waals surface area contributed by atoms with Crippen LogP contribution in [0.4, 0.5) is 0 Å². The van der Waals surface area contributed by atoms with Gasteiger partial charge in [0.25, 0.3) is 5.91 Å². The van der Waals surface area contributed by atoms with E-state index in [9.17, 15) is 4.79 Å². The van der Waals surface area contributed by atoms with E-state index in [2.05, 4.69) is 20.5 Å². The molecule has 1 N–H and O–H groups in total. The van der Waals surface area contributed by atoms with Crippen molar-refractivity contribution < 1.29 is 4.79 Å². The molecule has 3 rings (SSSR count). The fourth-order valence-electron chi connectivity index (χ4n) is 3.20. The lowest BCUT2D eigenvalue weighted by atomic mass is 10.2. The molecule has 0 fully saturated rings. The van der Waals surface area contributed by atoms with E-state index in [1.165, 1.54) is 0 Å². The Morgan fingerprint density at radius 3 is 2.40 bits per heavy atom. The third-order valence-electron chi connectivity index (χ3n) is 4.32. The zero-order chi connectivity index (χ0) is 18.3. The third-order valence-corrected chi connectivity index (χ3v) is 4.32. The van der Waals surface area contributed by atoms with E-state index in [1.807, 2.05) is 58.4 Å². The van der Waals surface area contributed by atoms with Crippen LogP contribution in [0.3, 0.4) is 0 Å². The number of rotatable bonds is 4. The minimum atomic E-state index is -0.154. The third kappa shape index (κ3) is 3.14. The second-order valence-electron chi connectivity index (χ2n) is 6.67. The smallest absolute Gasteiger partial charge is 0.257 e. The summed E-state index contributed by atoms with van der Waals surface area (Å²) in [4.78, 5) is 17.3. The van der Waals surface area contributed by atoms with E-state index < -0.39 is 0 Å². The molecule has 0 saturated heterocycles. The average molecular weight is 340 g/mol. The molecule has 3 aromatic rings. The number of amides is 1. The summed E-state index contributed by atoms with van der Waals surface area (Å²) in [6, 6.07) is 4.05. The lowest BCUT2D eigenvalue weighted by Gasteiger charge is -2.15. The largest absolute Gasteiger partial charge is 0.350 e. The number of hydrogen-bond acceptors (Lipinski definition) is 4. The number of aryl methyl sites for hydroxylation is 5. The predicted octanol–water partition coefficient (Wildman–Crippen LogP) is 2.46. The fraction of sp³-hybridized carbons (Fsp3) is 0.444. The van der Waals surface area contributed by atoms with Crippen molar-refractivity contribution in [3.05, 3.63) is 46.2 Å². The molecule has 0 aliphatic heterocycles. The first kappa shape index (κ1) is 17.1. The van der Waals surface area contributed by atoms with Crippen LogP contribution in [-0.2, 0) is 0 Å². The first-order valence-electron chi connectivity index (χ1n) is 8.42. The molecular formula is C18H24N6O. The summed E-state index contributed by atoms with van der Waals surface area (Å²) < 4.78 is 3.66. The molecule has 132 valence electrons. The van der Waals surface area contributed by atoms with Crippen LogP contribution in [0, 0.1) is 34.6 Å². The van der Waals surface area contributed by atoms with Crippen molar-refractivity contribution >= 4 is 11.6 Å². The Hall–Kier alpha value is -2.70. The molecule has 1 amide bonds. The highest BCUT2D eigenvalue weighted by molar-refractivity contribution is 6.01. The van der Waals surface area contributed by atoms with Gasteiger partial charge in [0.05, 0.1) is 17.4 Å². The Balaban J connectivity index is 1.83. The molecule has 0 aliphatic rings. The van der Waals surface area contributed by atoms with Crippen LogP contribution >= 0.6 is 0 Å². The van der Waals surface area contributed by atoms with Crippen LogP contribution < -0.4 is 5.32 Å². The maximum Gasteiger partial charge on any atom is 0.257 e. The topological polar surface area (TPSA) is 77.1 Å². The number of hydrogen-bond donors (Lipinski definition) is 1. The number of nitrogens with one attached hydrogen (secondary N) is 1. The quantitative estimate of drug-likeness (QED) is 0.791. The summed E-state index contributed by atoms with van der Waals surface area (Å²) in [7, 11) is 0. The van der Waals surface area contributed by atoms with Crippen molar-refractivity contribution in [2.75, 3.05) is 6.54 Å². The molecule has 25 heavy (non-hydrogen) atoms. The monoisotopic (exact) mass is 340 g/mol. The van der Waals surface area contributed by atoms with Crippen molar-refractivity contribution in [3.63, 3.8) is 0 Å². The van der Waals surface area contributed by atoms with Gasteiger partial charge in [0, 0.05) is 23.6 Å². The molecular weight excluding hydrogens is 316 g/mol. The number of fused-ring (bicyclic) bond motifs is 1. The normalized spacial score (nSPS) is 12.6. The summed E-state index contributed by atoms with van der Waals surface area (Å²) in [5, 5.41) is 11.9. The first-order chi connectivity index (χ1) is 11.8. The van der Waals surface area contributed by atoms with Gasteiger partial charge in [0.1, 0.15) is 5.56 Å². The molecule has 0 spiro atoms. The van der Waals surface area contributed by atoms with Gasteiger partial charge in [0.15, 0.2) is 5.65 Å². The highest BCUT2D eigenvalue weighted by Gasteiger charge is 2.20. The maximum atomic E-state index is 12.8. The second-order valence-corrected chi connectivity index (χ2v) is 6.67. The van der Waals surface area contributed by atoms with Gasteiger partial charge >= 0.3 is 0 Å². The summed E-state index contributed by atoms with van der Waals surface area (Å²) in [5.41, 5.74) is 5.70. The molecule has 0 bridgehead atoms. The minimum Gasteiger partial charge on any atom is -0.350 e. The molecule has 1 atom stereocenters. The molecule has 3 aromatic heterocycles. The Morgan fingerprint density at radius 2 is 1.76 bits per heavy atom. The highest BCUT2D eigenvalue weighted by atomic mass is 16.1.